The molecule has 4 nitrogen and oxygen atoms in total. The van der Waals surface area contributed by atoms with E-state index in [2.05, 4.69) is 299 Å². The molecule has 14 aromatic rings. The van der Waals surface area contributed by atoms with Gasteiger partial charge in [0.2, 0.25) is 0 Å². The highest BCUT2D eigenvalue weighted by molar-refractivity contribution is 6.30. The molecule has 0 fully saturated rings. The van der Waals surface area contributed by atoms with Gasteiger partial charge in [-0.2, -0.15) is 0 Å². The molecular weight excluding hydrogens is 1040 g/mol. The summed E-state index contributed by atoms with van der Waals surface area (Å²) < 4.78 is 14.8. The first-order chi connectivity index (χ1) is 41.5. The SMILES string of the molecule is CCc1ccccc1-c1cccc2c1oc1c(N(c3ccc(C(C)(C)C)cc3)c3cc(C(C)C)c4ccc5c(N(c6ccc(C(C)(C)C)cc6)c6cccc7c6oc6c(-c8ccccc8CC)cccc67)cc(C(C)C)c6ccc3c4c65)cccc12. The van der Waals surface area contributed by atoms with Gasteiger partial charge in [0, 0.05) is 54.8 Å². The molecule has 2 heterocycles. The lowest BCUT2D eigenvalue weighted by Gasteiger charge is -2.32. The standard InChI is InChI=1S/C82H76N2O2/c1-13-51-23-15-17-25-57(51)61-27-19-29-63-65-31-21-33-71(79(65)85-77(61)63)83(55-39-35-53(36-40-55)81(7,8)9)73-47-69(49(3)4)59-44-46-68-74(48-70(50(5)6)60-43-45-67(73)75(59)76(60)68)84(56-41-37-54(38-42-56)82(10,11)12)72-34-22-32-66-64-30-20-28-62(78(64)86-80(66)72)58-26-18-16-24-52(58)14-2/h15-50H,13-14H2,1-12H3. The first kappa shape index (κ1) is 54.8. The van der Waals surface area contributed by atoms with Crippen LogP contribution in [0.25, 0.3) is 98.4 Å². The number of para-hydroxylation sites is 4. The number of furan rings is 2. The number of benzene rings is 12. The Labute approximate surface area is 506 Å². The van der Waals surface area contributed by atoms with Gasteiger partial charge in [-0.1, -0.05) is 241 Å². The molecule has 0 radical (unpaired) electrons. The van der Waals surface area contributed by atoms with Gasteiger partial charge in [0.25, 0.3) is 0 Å². The van der Waals surface area contributed by atoms with E-state index in [0.29, 0.717) is 0 Å². The minimum absolute atomic E-state index is 0.0286. The summed E-state index contributed by atoms with van der Waals surface area (Å²) >= 11 is 0. The maximum Gasteiger partial charge on any atom is 0.159 e. The van der Waals surface area contributed by atoms with E-state index < -0.39 is 0 Å². The smallest absolute Gasteiger partial charge is 0.159 e. The molecule has 0 aliphatic heterocycles. The van der Waals surface area contributed by atoms with E-state index in [1.165, 1.54) is 76.8 Å². The summed E-state index contributed by atoms with van der Waals surface area (Å²) in [4.78, 5) is 4.99. The van der Waals surface area contributed by atoms with Crippen LogP contribution in [0.2, 0.25) is 0 Å². The predicted molar refractivity (Wildman–Crippen MR) is 369 cm³/mol. The van der Waals surface area contributed by atoms with E-state index in [1.54, 1.807) is 0 Å². The third-order valence-electron chi connectivity index (χ3n) is 18.5. The minimum atomic E-state index is -0.0286. The van der Waals surface area contributed by atoms with Gasteiger partial charge < -0.3 is 18.6 Å². The van der Waals surface area contributed by atoms with Gasteiger partial charge in [-0.25, -0.2) is 0 Å². The summed E-state index contributed by atoms with van der Waals surface area (Å²) in [6, 6.07) is 77.4. The van der Waals surface area contributed by atoms with Crippen molar-refractivity contribution in [1.29, 1.82) is 0 Å². The van der Waals surface area contributed by atoms with Crippen LogP contribution in [0, 0.1) is 0 Å². The van der Waals surface area contributed by atoms with Gasteiger partial charge in [0.15, 0.2) is 11.2 Å². The van der Waals surface area contributed by atoms with Crippen LogP contribution in [-0.4, -0.2) is 0 Å². The van der Waals surface area contributed by atoms with Crippen LogP contribution in [0.1, 0.15) is 128 Å². The zero-order chi connectivity index (χ0) is 59.5. The van der Waals surface area contributed by atoms with Crippen molar-refractivity contribution in [2.24, 2.45) is 0 Å². The van der Waals surface area contributed by atoms with Crippen molar-refractivity contribution in [3.05, 3.63) is 240 Å². The Morgan fingerprint density at radius 3 is 1.02 bits per heavy atom. The van der Waals surface area contributed by atoms with Gasteiger partial charge in [-0.15, -0.1) is 0 Å². The molecule has 0 unspecified atom stereocenters. The summed E-state index contributed by atoms with van der Waals surface area (Å²) in [6.45, 7) is 27.6. The molecule has 86 heavy (non-hydrogen) atoms. The fourth-order valence-corrected chi connectivity index (χ4v) is 13.9. The molecule has 426 valence electrons. The van der Waals surface area contributed by atoms with Crippen LogP contribution in [0.15, 0.2) is 215 Å². The van der Waals surface area contributed by atoms with Crippen LogP contribution in [0.3, 0.4) is 0 Å². The first-order valence-electron chi connectivity index (χ1n) is 31.2. The van der Waals surface area contributed by atoms with E-state index in [1.807, 2.05) is 0 Å². The number of anilines is 6. The zero-order valence-electron chi connectivity index (χ0n) is 51.9. The molecule has 0 saturated carbocycles. The fraction of sp³-hybridized carbons (Fsp3) is 0.220. The lowest BCUT2D eigenvalue weighted by atomic mass is 9.83. The number of fused-ring (bicyclic) bond motifs is 6. The Kier molecular flexibility index (Phi) is 13.3. The summed E-state index contributed by atoms with van der Waals surface area (Å²) in [7, 11) is 0. The van der Waals surface area contributed by atoms with E-state index in [4.69, 9.17) is 8.83 Å². The summed E-state index contributed by atoms with van der Waals surface area (Å²) in [6.07, 6.45) is 1.86. The largest absolute Gasteiger partial charge is 0.453 e. The lowest BCUT2D eigenvalue weighted by molar-refractivity contribution is 0.590. The third-order valence-corrected chi connectivity index (χ3v) is 18.5. The van der Waals surface area contributed by atoms with Gasteiger partial charge in [0.05, 0.1) is 22.7 Å². The predicted octanol–water partition coefficient (Wildman–Crippen LogP) is 24.6. The number of hydrogen-bond acceptors (Lipinski definition) is 4. The maximum absolute atomic E-state index is 7.40. The molecule has 0 amide bonds. The van der Waals surface area contributed by atoms with E-state index in [0.717, 1.165) is 102 Å². The normalized spacial score (nSPS) is 12.5. The van der Waals surface area contributed by atoms with Crippen LogP contribution in [-0.2, 0) is 23.7 Å². The molecule has 12 aromatic carbocycles. The number of nitrogens with zero attached hydrogens (tertiary/aromatic N) is 2. The van der Waals surface area contributed by atoms with E-state index in [9.17, 15) is 0 Å². The molecule has 0 aliphatic carbocycles. The van der Waals surface area contributed by atoms with Crippen molar-refractivity contribution in [1.82, 2.24) is 0 Å². The van der Waals surface area contributed by atoms with E-state index in [-0.39, 0.29) is 22.7 Å². The van der Waals surface area contributed by atoms with Crippen molar-refractivity contribution in [2.45, 2.75) is 119 Å². The molecule has 0 saturated heterocycles. The summed E-state index contributed by atoms with van der Waals surface area (Å²) in [5.74, 6) is 0.404. The molecule has 0 N–H and O–H groups in total. The van der Waals surface area contributed by atoms with E-state index >= 15 is 0 Å². The molecule has 2 aromatic heterocycles. The van der Waals surface area contributed by atoms with Crippen LogP contribution in [0.4, 0.5) is 34.1 Å². The van der Waals surface area contributed by atoms with Gasteiger partial charge >= 0.3 is 0 Å². The van der Waals surface area contributed by atoms with Crippen molar-refractivity contribution in [3.8, 4) is 22.3 Å². The number of hydrogen-bond donors (Lipinski definition) is 0. The molecule has 0 atom stereocenters. The maximum atomic E-state index is 7.40. The molecular formula is C82H76N2O2. The Hall–Kier alpha value is -9.12. The Morgan fingerprint density at radius 1 is 0.326 bits per heavy atom. The van der Waals surface area contributed by atoms with Crippen molar-refractivity contribution < 1.29 is 8.83 Å². The number of rotatable bonds is 12. The molecule has 0 aliphatic rings. The highest BCUT2D eigenvalue weighted by atomic mass is 16.3. The second kappa shape index (κ2) is 20.8. The topological polar surface area (TPSA) is 32.8 Å². The highest BCUT2D eigenvalue weighted by Crippen LogP contribution is 2.54. The lowest BCUT2D eigenvalue weighted by Crippen LogP contribution is -2.15. The Morgan fingerprint density at radius 2 is 0.663 bits per heavy atom. The monoisotopic (exact) mass is 1120 g/mol. The van der Waals surface area contributed by atoms with Gasteiger partial charge in [-0.05, 0) is 150 Å². The van der Waals surface area contributed by atoms with Gasteiger partial charge in [-0.3, -0.25) is 0 Å². The first-order valence-corrected chi connectivity index (χ1v) is 31.2. The fourth-order valence-electron chi connectivity index (χ4n) is 13.9. The van der Waals surface area contributed by atoms with Crippen LogP contribution in [0.5, 0.6) is 0 Å². The van der Waals surface area contributed by atoms with Crippen molar-refractivity contribution >= 4 is 110 Å². The molecule has 4 heteroatoms. The Bertz CT molecular complexity index is 4610. The molecule has 0 spiro atoms. The summed E-state index contributed by atoms with van der Waals surface area (Å²) in [5.41, 5.74) is 22.3. The second-order valence-corrected chi connectivity index (χ2v) is 26.5. The van der Waals surface area contributed by atoms with Crippen LogP contribution >= 0.6 is 0 Å². The van der Waals surface area contributed by atoms with Crippen molar-refractivity contribution in [3.63, 3.8) is 0 Å². The molecule has 14 rings (SSSR count). The highest BCUT2D eigenvalue weighted by Gasteiger charge is 2.30. The Balaban J connectivity index is 1.07. The quantitative estimate of drug-likeness (QED) is 0.114. The van der Waals surface area contributed by atoms with Crippen molar-refractivity contribution in [2.75, 3.05) is 9.80 Å². The average molecular weight is 1120 g/mol. The molecule has 0 bridgehead atoms. The van der Waals surface area contributed by atoms with Gasteiger partial charge in [0.1, 0.15) is 11.2 Å². The van der Waals surface area contributed by atoms with Crippen LogP contribution < -0.4 is 9.80 Å². The average Bonchev–Trinajstić information content (AvgIpc) is 0.749. The summed E-state index contributed by atoms with van der Waals surface area (Å²) in [5, 5.41) is 11.8. The third kappa shape index (κ3) is 8.85. The number of aryl methyl sites for hydroxylation is 2. The minimum Gasteiger partial charge on any atom is -0.453 e. The second-order valence-electron chi connectivity index (χ2n) is 26.5. The zero-order valence-corrected chi connectivity index (χ0v) is 51.9.